The minimum atomic E-state index is 0.329. The summed E-state index contributed by atoms with van der Waals surface area (Å²) < 4.78 is 7.23. The highest BCUT2D eigenvalue weighted by Gasteiger charge is 2.09. The molecule has 2 heterocycles. The molecule has 2 rings (SSSR count). The lowest BCUT2D eigenvalue weighted by atomic mass is 10.1. The maximum atomic E-state index is 5.64. The highest BCUT2D eigenvalue weighted by atomic mass is 16.5. The first-order chi connectivity index (χ1) is 10.2. The molecule has 1 N–H and O–H groups in total. The van der Waals surface area contributed by atoms with Crippen LogP contribution < -0.4 is 10.1 Å². The molecule has 0 radical (unpaired) electrons. The van der Waals surface area contributed by atoms with Crippen LogP contribution in [0.3, 0.4) is 0 Å². The van der Waals surface area contributed by atoms with E-state index in [9.17, 15) is 0 Å². The van der Waals surface area contributed by atoms with Crippen LogP contribution in [0, 0.1) is 5.92 Å². The van der Waals surface area contributed by atoms with Gasteiger partial charge in [-0.25, -0.2) is 4.68 Å². The van der Waals surface area contributed by atoms with E-state index in [1.165, 1.54) is 0 Å². The summed E-state index contributed by atoms with van der Waals surface area (Å²) in [7, 11) is 0. The van der Waals surface area contributed by atoms with E-state index in [2.05, 4.69) is 39.2 Å². The van der Waals surface area contributed by atoms with Gasteiger partial charge in [-0.1, -0.05) is 13.8 Å². The third kappa shape index (κ3) is 4.70. The first-order valence-corrected chi connectivity index (χ1v) is 7.31. The molecule has 0 bridgehead atoms. The van der Waals surface area contributed by atoms with Crippen LogP contribution in [0.25, 0.3) is 5.95 Å². The molecule has 0 fully saturated rings. The van der Waals surface area contributed by atoms with Crippen molar-refractivity contribution in [3.63, 3.8) is 0 Å². The number of ether oxygens (including phenoxy) is 1. The summed E-state index contributed by atoms with van der Waals surface area (Å²) in [5.41, 5.74) is 0. The molecule has 0 saturated heterocycles. The third-order valence-corrected chi connectivity index (χ3v) is 2.80. The van der Waals surface area contributed by atoms with E-state index in [1.807, 2.05) is 13.0 Å². The van der Waals surface area contributed by atoms with E-state index >= 15 is 0 Å². The number of hydrogen-bond donors (Lipinski definition) is 1. The molecule has 0 aliphatic carbocycles. The molecular weight excluding hydrogens is 268 g/mol. The van der Waals surface area contributed by atoms with Crippen molar-refractivity contribution in [1.29, 1.82) is 0 Å². The molecule has 2 aromatic heterocycles. The summed E-state index contributed by atoms with van der Waals surface area (Å²) in [5, 5.41) is 7.20. The summed E-state index contributed by atoms with van der Waals surface area (Å²) in [6.45, 7) is 7.71. The second-order valence-corrected chi connectivity index (χ2v) is 5.11. The van der Waals surface area contributed by atoms with Crippen LogP contribution in [0.2, 0.25) is 0 Å². The molecule has 21 heavy (non-hydrogen) atoms. The Kier molecular flexibility index (Phi) is 5.48. The zero-order valence-corrected chi connectivity index (χ0v) is 12.8. The molecule has 0 aliphatic rings. The third-order valence-electron chi connectivity index (χ3n) is 2.80. The molecule has 0 unspecified atom stereocenters. The van der Waals surface area contributed by atoms with Gasteiger partial charge < -0.3 is 10.1 Å². The summed E-state index contributed by atoms with van der Waals surface area (Å²) in [6.07, 6.45) is 5.57. The van der Waals surface area contributed by atoms with E-state index in [4.69, 9.17) is 4.74 Å². The second kappa shape index (κ2) is 7.56. The van der Waals surface area contributed by atoms with Gasteiger partial charge in [0.2, 0.25) is 5.95 Å². The maximum absolute atomic E-state index is 5.64. The average molecular weight is 290 g/mol. The summed E-state index contributed by atoms with van der Waals surface area (Å²) in [4.78, 5) is 12.9. The Bertz CT molecular complexity index is 540. The van der Waals surface area contributed by atoms with Crippen LogP contribution >= 0.6 is 0 Å². The first kappa shape index (κ1) is 15.2. The van der Waals surface area contributed by atoms with E-state index in [-0.39, 0.29) is 0 Å². The van der Waals surface area contributed by atoms with Crippen molar-refractivity contribution in [3.8, 4) is 12.0 Å². The first-order valence-electron chi connectivity index (χ1n) is 7.31. The standard InChI is InChI=1S/C14H22N6O/c1-4-15-12-17-13(20-9-6-8-16-20)19-14(18-12)21-10-5-7-11(2)3/h6,8-9,11H,4-5,7,10H2,1-3H3,(H,15,17,18,19). The van der Waals surface area contributed by atoms with Crippen LogP contribution in [0.4, 0.5) is 5.95 Å². The van der Waals surface area contributed by atoms with Gasteiger partial charge in [0.25, 0.3) is 5.95 Å². The molecule has 0 spiro atoms. The van der Waals surface area contributed by atoms with Crippen LogP contribution in [-0.4, -0.2) is 37.9 Å². The molecule has 2 aromatic rings. The van der Waals surface area contributed by atoms with Crippen molar-refractivity contribution in [2.24, 2.45) is 5.92 Å². The quantitative estimate of drug-likeness (QED) is 0.752. The predicted molar refractivity (Wildman–Crippen MR) is 80.7 cm³/mol. The molecule has 7 heteroatoms. The smallest absolute Gasteiger partial charge is 0.323 e. The Morgan fingerprint density at radius 1 is 1.29 bits per heavy atom. The van der Waals surface area contributed by atoms with Crippen molar-refractivity contribution >= 4 is 5.95 Å². The molecule has 0 atom stereocenters. The topological polar surface area (TPSA) is 77.8 Å². The maximum Gasteiger partial charge on any atom is 0.323 e. The lowest BCUT2D eigenvalue weighted by molar-refractivity contribution is 0.275. The molecule has 114 valence electrons. The van der Waals surface area contributed by atoms with Crippen LogP contribution in [0.5, 0.6) is 6.01 Å². The molecule has 0 amide bonds. The lowest BCUT2D eigenvalue weighted by Gasteiger charge is -2.09. The highest BCUT2D eigenvalue weighted by molar-refractivity contribution is 5.29. The Hall–Kier alpha value is -2.18. The van der Waals surface area contributed by atoms with E-state index in [1.54, 1.807) is 17.1 Å². The minimum Gasteiger partial charge on any atom is -0.463 e. The SMILES string of the molecule is CCNc1nc(OCCCC(C)C)nc(-n2cccn2)n1. The van der Waals surface area contributed by atoms with Gasteiger partial charge in [0.15, 0.2) is 0 Å². The monoisotopic (exact) mass is 290 g/mol. The highest BCUT2D eigenvalue weighted by Crippen LogP contribution is 2.11. The second-order valence-electron chi connectivity index (χ2n) is 5.11. The Balaban J connectivity index is 2.08. The van der Waals surface area contributed by atoms with Gasteiger partial charge in [-0.2, -0.15) is 20.1 Å². The zero-order valence-electron chi connectivity index (χ0n) is 12.8. The van der Waals surface area contributed by atoms with E-state index in [0.717, 1.165) is 19.4 Å². The van der Waals surface area contributed by atoms with Gasteiger partial charge in [-0.05, 0) is 31.7 Å². The van der Waals surface area contributed by atoms with Crippen molar-refractivity contribution in [2.75, 3.05) is 18.5 Å². The Labute approximate surface area is 124 Å². The van der Waals surface area contributed by atoms with Crippen molar-refractivity contribution in [2.45, 2.75) is 33.6 Å². The number of anilines is 1. The Morgan fingerprint density at radius 2 is 2.14 bits per heavy atom. The number of rotatable bonds is 8. The average Bonchev–Trinajstić information content (AvgIpc) is 2.98. The largest absolute Gasteiger partial charge is 0.463 e. The normalized spacial score (nSPS) is 10.9. The van der Waals surface area contributed by atoms with Gasteiger partial charge in [0.05, 0.1) is 6.61 Å². The van der Waals surface area contributed by atoms with Gasteiger partial charge in [-0.3, -0.25) is 0 Å². The fourth-order valence-corrected chi connectivity index (χ4v) is 1.79. The van der Waals surface area contributed by atoms with Crippen molar-refractivity contribution in [1.82, 2.24) is 24.7 Å². The minimum absolute atomic E-state index is 0.329. The fraction of sp³-hybridized carbons (Fsp3) is 0.571. The molecule has 0 aliphatic heterocycles. The van der Waals surface area contributed by atoms with Crippen LogP contribution in [0.15, 0.2) is 18.5 Å². The van der Waals surface area contributed by atoms with Gasteiger partial charge in [0.1, 0.15) is 0 Å². The number of hydrogen-bond acceptors (Lipinski definition) is 6. The molecule has 7 nitrogen and oxygen atoms in total. The van der Waals surface area contributed by atoms with Gasteiger partial charge in [-0.15, -0.1) is 0 Å². The van der Waals surface area contributed by atoms with Crippen LogP contribution in [-0.2, 0) is 0 Å². The summed E-state index contributed by atoms with van der Waals surface area (Å²) in [5.74, 6) is 1.62. The molecule has 0 saturated carbocycles. The predicted octanol–water partition coefficient (Wildman–Crippen LogP) is 2.30. The zero-order chi connectivity index (χ0) is 15.1. The van der Waals surface area contributed by atoms with E-state index in [0.29, 0.717) is 30.4 Å². The molecule has 0 aromatic carbocycles. The van der Waals surface area contributed by atoms with Crippen molar-refractivity contribution in [3.05, 3.63) is 18.5 Å². The van der Waals surface area contributed by atoms with Gasteiger partial charge in [0, 0.05) is 18.9 Å². The number of nitrogens with one attached hydrogen (secondary N) is 1. The van der Waals surface area contributed by atoms with Crippen LogP contribution in [0.1, 0.15) is 33.6 Å². The fourth-order valence-electron chi connectivity index (χ4n) is 1.79. The summed E-state index contributed by atoms with van der Waals surface area (Å²) >= 11 is 0. The number of aromatic nitrogens is 5. The summed E-state index contributed by atoms with van der Waals surface area (Å²) in [6, 6.07) is 2.15. The van der Waals surface area contributed by atoms with Gasteiger partial charge >= 0.3 is 6.01 Å². The Morgan fingerprint density at radius 3 is 2.81 bits per heavy atom. The lowest BCUT2D eigenvalue weighted by Crippen LogP contribution is -2.11. The molecular formula is C14H22N6O. The van der Waals surface area contributed by atoms with E-state index < -0.39 is 0 Å². The van der Waals surface area contributed by atoms with Crippen molar-refractivity contribution < 1.29 is 4.74 Å². The number of nitrogens with zero attached hydrogens (tertiary/aromatic N) is 5.